The van der Waals surface area contributed by atoms with Crippen LogP contribution in [0.5, 0.6) is 0 Å². The van der Waals surface area contributed by atoms with E-state index >= 15 is 0 Å². The van der Waals surface area contributed by atoms with Crippen LogP contribution >= 0.6 is 11.8 Å². The molecule has 1 aromatic rings. The van der Waals surface area contributed by atoms with Gasteiger partial charge in [0.1, 0.15) is 0 Å². The predicted molar refractivity (Wildman–Crippen MR) is 76.0 cm³/mol. The van der Waals surface area contributed by atoms with Crippen molar-refractivity contribution in [3.63, 3.8) is 0 Å². The Kier molecular flexibility index (Phi) is 6.18. The molecule has 0 aliphatic rings. The van der Waals surface area contributed by atoms with Gasteiger partial charge in [0.25, 0.3) is 0 Å². The van der Waals surface area contributed by atoms with Gasteiger partial charge in [-0.2, -0.15) is 0 Å². The quantitative estimate of drug-likeness (QED) is 0.771. The van der Waals surface area contributed by atoms with Crippen LogP contribution in [-0.4, -0.2) is 48.4 Å². The highest BCUT2D eigenvalue weighted by atomic mass is 32.2. The third kappa shape index (κ3) is 4.33. The largest absolute Gasteiger partial charge is 0.395 e. The molecule has 1 rings (SSSR count). The number of carbonyl (C=O) groups excluding carboxylic acids is 1. The van der Waals surface area contributed by atoms with Crippen LogP contribution < -0.4 is 5.32 Å². The summed E-state index contributed by atoms with van der Waals surface area (Å²) in [5.41, 5.74) is 0.833. The number of anilines is 1. The van der Waals surface area contributed by atoms with Crippen LogP contribution in [-0.2, 0) is 4.79 Å². The molecule has 0 bridgehead atoms. The molecule has 0 radical (unpaired) electrons. The Bertz CT molecular complexity index is 398. The molecule has 1 unspecified atom stereocenters. The van der Waals surface area contributed by atoms with Gasteiger partial charge in [-0.15, -0.1) is 11.8 Å². The van der Waals surface area contributed by atoms with E-state index in [1.165, 1.54) is 0 Å². The van der Waals surface area contributed by atoms with Crippen LogP contribution in [0.1, 0.15) is 6.92 Å². The first-order valence-corrected chi connectivity index (χ1v) is 7.05. The SMILES string of the molecule is CSc1ccccc1NC(=O)CN(C)C(C)CO. The third-order valence-electron chi connectivity index (χ3n) is 2.79. The second kappa shape index (κ2) is 7.41. The zero-order chi connectivity index (χ0) is 13.5. The van der Waals surface area contributed by atoms with Crippen LogP contribution in [0.15, 0.2) is 29.2 Å². The molecule has 1 amide bonds. The zero-order valence-electron chi connectivity index (χ0n) is 11.0. The molecule has 18 heavy (non-hydrogen) atoms. The van der Waals surface area contributed by atoms with Gasteiger partial charge in [0.15, 0.2) is 0 Å². The Labute approximate surface area is 112 Å². The van der Waals surface area contributed by atoms with E-state index in [0.29, 0.717) is 0 Å². The highest BCUT2D eigenvalue weighted by Crippen LogP contribution is 2.24. The Morgan fingerprint density at radius 3 is 2.78 bits per heavy atom. The fourth-order valence-electron chi connectivity index (χ4n) is 1.46. The van der Waals surface area contributed by atoms with Gasteiger partial charge >= 0.3 is 0 Å². The smallest absolute Gasteiger partial charge is 0.238 e. The van der Waals surface area contributed by atoms with Gasteiger partial charge in [0.05, 0.1) is 18.8 Å². The lowest BCUT2D eigenvalue weighted by Crippen LogP contribution is -2.38. The van der Waals surface area contributed by atoms with Crippen molar-refractivity contribution in [1.29, 1.82) is 0 Å². The molecule has 5 heteroatoms. The number of para-hydroxylation sites is 1. The number of rotatable bonds is 6. The molecule has 1 atom stereocenters. The van der Waals surface area contributed by atoms with E-state index in [2.05, 4.69) is 5.32 Å². The van der Waals surface area contributed by atoms with Crippen molar-refractivity contribution in [2.45, 2.75) is 17.9 Å². The van der Waals surface area contributed by atoms with E-state index in [1.54, 1.807) is 11.8 Å². The van der Waals surface area contributed by atoms with Crippen molar-refractivity contribution in [1.82, 2.24) is 4.90 Å². The molecule has 0 saturated carbocycles. The zero-order valence-corrected chi connectivity index (χ0v) is 11.8. The Hall–Kier alpha value is -1.04. The summed E-state index contributed by atoms with van der Waals surface area (Å²) < 4.78 is 0. The lowest BCUT2D eigenvalue weighted by atomic mass is 10.3. The average molecular weight is 268 g/mol. The van der Waals surface area contributed by atoms with Crippen molar-refractivity contribution < 1.29 is 9.90 Å². The van der Waals surface area contributed by atoms with Gasteiger partial charge in [-0.3, -0.25) is 9.69 Å². The standard InChI is InChI=1S/C13H20N2O2S/c1-10(9-16)15(2)8-13(17)14-11-6-4-5-7-12(11)18-3/h4-7,10,16H,8-9H2,1-3H3,(H,14,17). The summed E-state index contributed by atoms with van der Waals surface area (Å²) in [7, 11) is 1.82. The molecule has 0 aliphatic carbocycles. The summed E-state index contributed by atoms with van der Waals surface area (Å²) in [6.07, 6.45) is 1.98. The molecule has 100 valence electrons. The minimum Gasteiger partial charge on any atom is -0.395 e. The van der Waals surface area contributed by atoms with Gasteiger partial charge < -0.3 is 10.4 Å². The minimum atomic E-state index is -0.0701. The van der Waals surface area contributed by atoms with Crippen molar-refractivity contribution in [3.8, 4) is 0 Å². The van der Waals surface area contributed by atoms with Crippen molar-refractivity contribution in [2.75, 3.05) is 31.8 Å². The number of amides is 1. The fourth-order valence-corrected chi connectivity index (χ4v) is 2.01. The van der Waals surface area contributed by atoms with Crippen molar-refractivity contribution >= 4 is 23.4 Å². The number of likely N-dealkylation sites (N-methyl/N-ethyl adjacent to an activating group) is 1. The topological polar surface area (TPSA) is 52.6 Å². The summed E-state index contributed by atoms with van der Waals surface area (Å²) in [6.45, 7) is 2.19. The number of hydrogen-bond acceptors (Lipinski definition) is 4. The first-order chi connectivity index (χ1) is 8.58. The molecule has 0 aromatic heterocycles. The molecule has 0 saturated heterocycles. The third-order valence-corrected chi connectivity index (χ3v) is 3.59. The number of thioether (sulfide) groups is 1. The van der Waals surface area contributed by atoms with E-state index in [-0.39, 0.29) is 25.1 Å². The van der Waals surface area contributed by atoms with Gasteiger partial charge in [-0.25, -0.2) is 0 Å². The van der Waals surface area contributed by atoms with Crippen LogP contribution in [0, 0.1) is 0 Å². The number of aliphatic hydroxyl groups is 1. The van der Waals surface area contributed by atoms with Crippen LogP contribution in [0.25, 0.3) is 0 Å². The molecule has 0 fully saturated rings. The number of benzene rings is 1. The van der Waals surface area contributed by atoms with Crippen LogP contribution in [0.2, 0.25) is 0 Å². The second-order valence-corrected chi connectivity index (χ2v) is 5.04. The lowest BCUT2D eigenvalue weighted by Gasteiger charge is -2.22. The normalized spacial score (nSPS) is 12.5. The first kappa shape index (κ1) is 15.0. The lowest BCUT2D eigenvalue weighted by molar-refractivity contribution is -0.117. The molecule has 4 nitrogen and oxygen atoms in total. The highest BCUT2D eigenvalue weighted by Gasteiger charge is 2.13. The molecule has 0 heterocycles. The Morgan fingerprint density at radius 2 is 2.17 bits per heavy atom. The number of nitrogens with one attached hydrogen (secondary N) is 1. The van der Waals surface area contributed by atoms with E-state index in [1.807, 2.05) is 49.4 Å². The summed E-state index contributed by atoms with van der Waals surface area (Å²) in [4.78, 5) is 14.7. The number of aliphatic hydroxyl groups excluding tert-OH is 1. The molecule has 0 spiro atoms. The van der Waals surface area contributed by atoms with Crippen molar-refractivity contribution in [2.24, 2.45) is 0 Å². The van der Waals surface area contributed by atoms with Crippen molar-refractivity contribution in [3.05, 3.63) is 24.3 Å². The summed E-state index contributed by atoms with van der Waals surface area (Å²) >= 11 is 1.60. The van der Waals surface area contributed by atoms with Gasteiger partial charge in [-0.05, 0) is 32.4 Å². The van der Waals surface area contributed by atoms with E-state index in [4.69, 9.17) is 5.11 Å². The second-order valence-electron chi connectivity index (χ2n) is 4.20. The Morgan fingerprint density at radius 1 is 1.50 bits per heavy atom. The molecular formula is C13H20N2O2S. The maximum absolute atomic E-state index is 11.9. The monoisotopic (exact) mass is 268 g/mol. The number of carbonyl (C=O) groups is 1. The molecule has 2 N–H and O–H groups in total. The van der Waals surface area contributed by atoms with E-state index in [9.17, 15) is 4.79 Å². The van der Waals surface area contributed by atoms with Crippen LogP contribution in [0.3, 0.4) is 0 Å². The fraction of sp³-hybridized carbons (Fsp3) is 0.462. The Balaban J connectivity index is 2.59. The maximum atomic E-state index is 11.9. The van der Waals surface area contributed by atoms with Gasteiger partial charge in [0.2, 0.25) is 5.91 Å². The first-order valence-electron chi connectivity index (χ1n) is 5.82. The van der Waals surface area contributed by atoms with E-state index in [0.717, 1.165) is 10.6 Å². The molecular weight excluding hydrogens is 248 g/mol. The van der Waals surface area contributed by atoms with Gasteiger partial charge in [-0.1, -0.05) is 12.1 Å². The number of nitrogens with zero attached hydrogens (tertiary/aromatic N) is 1. The maximum Gasteiger partial charge on any atom is 0.238 e. The molecule has 0 aliphatic heterocycles. The number of hydrogen-bond donors (Lipinski definition) is 2. The van der Waals surface area contributed by atoms with Gasteiger partial charge in [0, 0.05) is 10.9 Å². The van der Waals surface area contributed by atoms with E-state index < -0.39 is 0 Å². The highest BCUT2D eigenvalue weighted by molar-refractivity contribution is 7.98. The minimum absolute atomic E-state index is 0.0217. The summed E-state index contributed by atoms with van der Waals surface area (Å²) in [5.74, 6) is -0.0701. The van der Waals surface area contributed by atoms with Crippen LogP contribution in [0.4, 0.5) is 5.69 Å². The summed E-state index contributed by atoms with van der Waals surface area (Å²) in [6, 6.07) is 7.68. The predicted octanol–water partition coefficient (Wildman–Crippen LogP) is 1.66. The average Bonchev–Trinajstić information content (AvgIpc) is 2.38. The molecule has 1 aromatic carbocycles. The summed E-state index contributed by atoms with van der Waals surface area (Å²) in [5, 5.41) is 11.9.